The van der Waals surface area contributed by atoms with E-state index in [9.17, 15) is 0 Å². The normalized spacial score (nSPS) is 21.8. The maximum atomic E-state index is 5.68. The Labute approximate surface area is 130 Å². The van der Waals surface area contributed by atoms with Gasteiger partial charge in [-0.15, -0.1) is 0 Å². The third-order valence-corrected chi connectivity index (χ3v) is 5.15. The molecule has 6 heteroatoms. The molecule has 0 saturated heterocycles. The van der Waals surface area contributed by atoms with Crippen molar-refractivity contribution in [2.75, 3.05) is 0 Å². The molecule has 2 rings (SSSR count). The molecule has 17 heavy (non-hydrogen) atoms. The molecule has 0 N–H and O–H groups in total. The van der Waals surface area contributed by atoms with E-state index in [-0.39, 0.29) is 20.1 Å². The molecular formula is C11H8Cl6. The van der Waals surface area contributed by atoms with Crippen molar-refractivity contribution in [3.8, 4) is 0 Å². The van der Waals surface area contributed by atoms with E-state index in [0.717, 1.165) is 0 Å². The molecule has 94 valence electrons. The Morgan fingerprint density at radius 1 is 0.765 bits per heavy atom. The molecule has 0 spiro atoms. The van der Waals surface area contributed by atoms with Crippen LogP contribution in [0.25, 0.3) is 0 Å². The number of rotatable bonds is 0. The highest BCUT2D eigenvalue weighted by Gasteiger charge is 2.42. The van der Waals surface area contributed by atoms with Crippen LogP contribution in [0, 0.1) is 0 Å². The summed E-state index contributed by atoms with van der Waals surface area (Å²) in [5.41, 5.74) is 0. The van der Waals surface area contributed by atoms with Gasteiger partial charge in [-0.25, -0.2) is 0 Å². The first kappa shape index (κ1) is 15.8. The maximum Gasteiger partial charge on any atom is 0.191 e. The Morgan fingerprint density at radius 2 is 1.12 bits per heavy atom. The molecule has 0 aromatic carbocycles. The summed E-state index contributed by atoms with van der Waals surface area (Å²) in [6, 6.07) is 0. The van der Waals surface area contributed by atoms with E-state index in [1.165, 1.54) is 12.8 Å². The van der Waals surface area contributed by atoms with E-state index in [1.807, 2.05) is 0 Å². The average Bonchev–Trinajstić information content (AvgIpc) is 2.48. The molecule has 2 aliphatic carbocycles. The van der Waals surface area contributed by atoms with Gasteiger partial charge in [0, 0.05) is 0 Å². The third kappa shape index (κ3) is 3.83. The average molecular weight is 353 g/mol. The van der Waals surface area contributed by atoms with Crippen LogP contribution >= 0.6 is 69.6 Å². The summed E-state index contributed by atoms with van der Waals surface area (Å²) in [6.07, 6.45) is 11.0. The van der Waals surface area contributed by atoms with Gasteiger partial charge in [0.25, 0.3) is 0 Å². The Bertz CT molecular complexity index is 376. The van der Waals surface area contributed by atoms with Gasteiger partial charge in [-0.2, -0.15) is 0 Å². The fourth-order valence-corrected chi connectivity index (χ4v) is 2.67. The molecule has 0 saturated carbocycles. The summed E-state index contributed by atoms with van der Waals surface area (Å²) in [7, 11) is 0. The highest BCUT2D eigenvalue weighted by Crippen LogP contribution is 2.53. The highest BCUT2D eigenvalue weighted by molar-refractivity contribution is 6.67. The summed E-state index contributed by atoms with van der Waals surface area (Å²) in [5.74, 6) is 0. The minimum Gasteiger partial charge on any atom is -0.0888 e. The van der Waals surface area contributed by atoms with Crippen molar-refractivity contribution >= 4 is 69.6 Å². The van der Waals surface area contributed by atoms with Crippen LogP contribution in [0.2, 0.25) is 0 Å². The van der Waals surface area contributed by atoms with Crippen molar-refractivity contribution in [2.45, 2.75) is 17.2 Å². The molecule has 0 heterocycles. The van der Waals surface area contributed by atoms with Crippen LogP contribution < -0.4 is 0 Å². The summed E-state index contributed by atoms with van der Waals surface area (Å²) < 4.78 is -1.47. The zero-order valence-electron chi connectivity index (χ0n) is 8.49. The van der Waals surface area contributed by atoms with Gasteiger partial charge in [-0.3, -0.25) is 0 Å². The molecule has 0 aliphatic heterocycles. The Kier molecular flexibility index (Phi) is 6.25. The second kappa shape index (κ2) is 6.75. The third-order valence-electron chi connectivity index (χ3n) is 2.01. The minimum absolute atomic E-state index is 0.0394. The van der Waals surface area contributed by atoms with Crippen molar-refractivity contribution in [3.05, 3.63) is 44.4 Å². The monoisotopic (exact) mass is 350 g/mol. The summed E-state index contributed by atoms with van der Waals surface area (Å²) in [4.78, 5) is 0. The highest BCUT2D eigenvalue weighted by atomic mass is 35.5. The van der Waals surface area contributed by atoms with E-state index in [2.05, 4.69) is 24.3 Å². The number of halogens is 6. The van der Waals surface area contributed by atoms with Gasteiger partial charge in [-0.05, 0) is 12.8 Å². The quantitative estimate of drug-likeness (QED) is 0.440. The molecule has 0 radical (unpaired) electrons. The lowest BCUT2D eigenvalue weighted by Crippen LogP contribution is -2.09. The molecule has 2 aliphatic rings. The molecular weight excluding hydrogens is 345 g/mol. The van der Waals surface area contributed by atoms with Gasteiger partial charge in [-0.1, -0.05) is 93.9 Å². The van der Waals surface area contributed by atoms with Gasteiger partial charge in [0.15, 0.2) is 4.33 Å². The second-order valence-electron chi connectivity index (χ2n) is 3.26. The van der Waals surface area contributed by atoms with Crippen LogP contribution in [0.15, 0.2) is 44.4 Å². The first-order valence-electron chi connectivity index (χ1n) is 4.70. The molecule has 0 fully saturated rings. The maximum absolute atomic E-state index is 5.68. The fourth-order valence-electron chi connectivity index (χ4n) is 1.11. The number of hydrogen-bond acceptors (Lipinski definition) is 0. The zero-order valence-corrected chi connectivity index (χ0v) is 13.0. The lowest BCUT2D eigenvalue weighted by Gasteiger charge is -2.11. The number of allylic oxidation sites excluding steroid dienone is 8. The predicted octanol–water partition coefficient (Wildman–Crippen LogP) is 6.44. The predicted molar refractivity (Wildman–Crippen MR) is 79.4 cm³/mol. The Hall–Kier alpha value is 0.700. The molecule has 0 aromatic rings. The number of alkyl halides is 2. The van der Waals surface area contributed by atoms with Crippen molar-refractivity contribution < 1.29 is 0 Å². The summed E-state index contributed by atoms with van der Waals surface area (Å²) >= 11 is 33.8. The van der Waals surface area contributed by atoms with Crippen LogP contribution in [-0.2, 0) is 0 Å². The largest absolute Gasteiger partial charge is 0.191 e. The summed E-state index contributed by atoms with van der Waals surface area (Å²) in [6.45, 7) is 0. The fraction of sp³-hybridized carbons (Fsp3) is 0.273. The Morgan fingerprint density at radius 3 is 1.24 bits per heavy atom. The second-order valence-corrected chi connectivity index (χ2v) is 6.10. The minimum atomic E-state index is -1.47. The SMILES string of the molecule is C1=CCCC=C1.ClC1=C(Cl)C(Cl)(Cl)C(Cl)=C1Cl. The van der Waals surface area contributed by atoms with E-state index < -0.39 is 4.33 Å². The van der Waals surface area contributed by atoms with Gasteiger partial charge in [0.1, 0.15) is 0 Å². The van der Waals surface area contributed by atoms with Gasteiger partial charge < -0.3 is 0 Å². The van der Waals surface area contributed by atoms with Crippen LogP contribution in [-0.4, -0.2) is 4.33 Å². The van der Waals surface area contributed by atoms with Crippen molar-refractivity contribution in [3.63, 3.8) is 0 Å². The topological polar surface area (TPSA) is 0 Å². The lowest BCUT2D eigenvalue weighted by molar-refractivity contribution is 1.04. The van der Waals surface area contributed by atoms with Gasteiger partial charge in [0.05, 0.1) is 20.1 Å². The van der Waals surface area contributed by atoms with Crippen molar-refractivity contribution in [1.29, 1.82) is 0 Å². The van der Waals surface area contributed by atoms with E-state index in [1.54, 1.807) is 0 Å². The van der Waals surface area contributed by atoms with E-state index in [4.69, 9.17) is 69.6 Å². The zero-order chi connectivity index (χ0) is 13.1. The standard InChI is InChI=1S/C6H8.C5Cl6/c1-2-4-6-5-3-1;6-1-2(7)4(9)5(10,11)3(1)8/h1-4H,5-6H2;. The van der Waals surface area contributed by atoms with Crippen molar-refractivity contribution in [1.82, 2.24) is 0 Å². The van der Waals surface area contributed by atoms with Crippen LogP contribution in [0.3, 0.4) is 0 Å². The lowest BCUT2D eigenvalue weighted by atomic mass is 10.2. The Balaban J connectivity index is 0.000000202. The molecule has 0 nitrogen and oxygen atoms in total. The van der Waals surface area contributed by atoms with Crippen LogP contribution in [0.1, 0.15) is 12.8 Å². The molecule has 0 atom stereocenters. The van der Waals surface area contributed by atoms with Crippen molar-refractivity contribution in [2.24, 2.45) is 0 Å². The first-order chi connectivity index (χ1) is 7.89. The number of hydrogen-bond donors (Lipinski definition) is 0. The first-order valence-corrected chi connectivity index (χ1v) is 6.97. The van der Waals surface area contributed by atoms with Crippen LogP contribution in [0.4, 0.5) is 0 Å². The summed E-state index contributed by atoms with van der Waals surface area (Å²) in [5, 5.41) is 0.279. The molecule has 0 aromatic heterocycles. The van der Waals surface area contributed by atoms with E-state index >= 15 is 0 Å². The van der Waals surface area contributed by atoms with Gasteiger partial charge >= 0.3 is 0 Å². The molecule has 0 amide bonds. The molecule has 0 bridgehead atoms. The van der Waals surface area contributed by atoms with Gasteiger partial charge in [0.2, 0.25) is 0 Å². The van der Waals surface area contributed by atoms with Crippen LogP contribution in [0.5, 0.6) is 0 Å². The molecule has 0 unspecified atom stereocenters. The smallest absolute Gasteiger partial charge is 0.0888 e. The van der Waals surface area contributed by atoms with E-state index in [0.29, 0.717) is 0 Å².